The van der Waals surface area contributed by atoms with Gasteiger partial charge in [-0.05, 0) is 49.7 Å². The van der Waals surface area contributed by atoms with Gasteiger partial charge in [0.15, 0.2) is 0 Å². The fraction of sp³-hybridized carbons (Fsp3) is 0.208. The van der Waals surface area contributed by atoms with Crippen molar-refractivity contribution in [2.45, 2.75) is 20.3 Å². The van der Waals surface area contributed by atoms with Gasteiger partial charge in [0, 0.05) is 31.8 Å². The van der Waals surface area contributed by atoms with Crippen LogP contribution in [0, 0.1) is 6.92 Å². The molecule has 0 atom stereocenters. The second kappa shape index (κ2) is 8.47. The maximum atomic E-state index is 11.3. The third-order valence-corrected chi connectivity index (χ3v) is 4.91. The number of nitrogens with zero attached hydrogens (tertiary/aromatic N) is 3. The van der Waals surface area contributed by atoms with Crippen molar-refractivity contribution in [1.82, 2.24) is 14.5 Å². The summed E-state index contributed by atoms with van der Waals surface area (Å²) in [5, 5.41) is 3.36. The monoisotopic (exact) mass is 416 g/mol. The van der Waals surface area contributed by atoms with Crippen LogP contribution >= 0.6 is 0 Å². The molecule has 0 aliphatic heterocycles. The Morgan fingerprint density at radius 1 is 1.10 bits per heavy atom. The highest BCUT2D eigenvalue weighted by atomic mass is 16.5. The summed E-state index contributed by atoms with van der Waals surface area (Å²) in [6, 6.07) is 15.3. The molecule has 0 aliphatic carbocycles. The third-order valence-electron chi connectivity index (χ3n) is 4.91. The number of carbonyl (C=O) groups is 1. The predicted molar refractivity (Wildman–Crippen MR) is 120 cm³/mol. The van der Waals surface area contributed by atoms with Crippen LogP contribution in [0.2, 0.25) is 0 Å². The van der Waals surface area contributed by atoms with Gasteiger partial charge in [-0.3, -0.25) is 9.78 Å². The Morgan fingerprint density at radius 2 is 1.90 bits per heavy atom. The summed E-state index contributed by atoms with van der Waals surface area (Å²) >= 11 is 0. The number of anilines is 2. The van der Waals surface area contributed by atoms with Crippen LogP contribution in [0.25, 0.3) is 11.0 Å². The average Bonchev–Trinajstić information content (AvgIpc) is 3.03. The second-order valence-corrected chi connectivity index (χ2v) is 7.44. The van der Waals surface area contributed by atoms with Gasteiger partial charge in [0.2, 0.25) is 5.95 Å². The molecule has 31 heavy (non-hydrogen) atoms. The summed E-state index contributed by atoms with van der Waals surface area (Å²) in [7, 11) is 3.60. The lowest BCUT2D eigenvalue weighted by Crippen LogP contribution is -2.01. The minimum absolute atomic E-state index is 0.0600. The summed E-state index contributed by atoms with van der Waals surface area (Å²) in [6.07, 6.45) is 1.93. The molecule has 1 N–H and O–H groups in total. The number of nitrogens with one attached hydrogen (secondary N) is 1. The third kappa shape index (κ3) is 4.50. The highest BCUT2D eigenvalue weighted by molar-refractivity contribution is 5.81. The molecule has 0 unspecified atom stereocenters. The standard InChI is InChI=1S/C24H24N4O3/c1-15-5-8-23(30-4)21(11-15)27-24-26-20-14-18(6-7-22(20)28(24)3)31-19-9-10-25-17(13-19)12-16(2)29/h5-11,13-14H,12H2,1-4H3,(H,26,27). The number of imidazole rings is 1. The first-order valence-corrected chi connectivity index (χ1v) is 9.93. The number of pyridine rings is 1. The predicted octanol–water partition coefficient (Wildman–Crippen LogP) is 4.95. The number of ketones is 1. The van der Waals surface area contributed by atoms with Gasteiger partial charge in [-0.2, -0.15) is 0 Å². The number of carbonyl (C=O) groups excluding carboxylic acids is 1. The van der Waals surface area contributed by atoms with Crippen LogP contribution in [0.1, 0.15) is 18.2 Å². The van der Waals surface area contributed by atoms with Crippen molar-refractivity contribution in [3.05, 3.63) is 66.0 Å². The van der Waals surface area contributed by atoms with Crippen molar-refractivity contribution in [1.29, 1.82) is 0 Å². The summed E-state index contributed by atoms with van der Waals surface area (Å²) < 4.78 is 13.4. The molecule has 158 valence electrons. The Morgan fingerprint density at radius 3 is 2.68 bits per heavy atom. The van der Waals surface area contributed by atoms with Crippen LogP contribution in [-0.4, -0.2) is 27.4 Å². The van der Waals surface area contributed by atoms with E-state index in [1.807, 2.05) is 54.9 Å². The number of hydrogen-bond acceptors (Lipinski definition) is 6. The highest BCUT2D eigenvalue weighted by Crippen LogP contribution is 2.31. The minimum Gasteiger partial charge on any atom is -0.495 e. The lowest BCUT2D eigenvalue weighted by Gasteiger charge is -2.11. The number of ether oxygens (including phenoxy) is 2. The molecule has 0 radical (unpaired) electrons. The average molecular weight is 416 g/mol. The van der Waals surface area contributed by atoms with Crippen molar-refractivity contribution >= 4 is 28.5 Å². The van der Waals surface area contributed by atoms with Crippen molar-refractivity contribution in [2.24, 2.45) is 7.05 Å². The number of aromatic nitrogens is 3. The number of benzene rings is 2. The van der Waals surface area contributed by atoms with Crippen LogP contribution in [0.15, 0.2) is 54.7 Å². The van der Waals surface area contributed by atoms with Gasteiger partial charge in [0.1, 0.15) is 23.0 Å². The zero-order valence-corrected chi connectivity index (χ0v) is 18.0. The van der Waals surface area contributed by atoms with Crippen molar-refractivity contribution in [2.75, 3.05) is 12.4 Å². The Labute approximate surface area is 180 Å². The van der Waals surface area contributed by atoms with Crippen molar-refractivity contribution < 1.29 is 14.3 Å². The maximum absolute atomic E-state index is 11.3. The van der Waals surface area contributed by atoms with E-state index in [1.165, 1.54) is 0 Å². The van der Waals surface area contributed by atoms with E-state index in [0.29, 0.717) is 23.1 Å². The fourth-order valence-electron chi connectivity index (χ4n) is 3.40. The molecule has 4 rings (SSSR count). The number of fused-ring (bicyclic) bond motifs is 1. The number of hydrogen-bond donors (Lipinski definition) is 1. The fourth-order valence-corrected chi connectivity index (χ4v) is 3.40. The molecule has 0 fully saturated rings. The highest BCUT2D eigenvalue weighted by Gasteiger charge is 2.12. The zero-order chi connectivity index (χ0) is 22.0. The van der Waals surface area contributed by atoms with Gasteiger partial charge in [-0.1, -0.05) is 6.07 Å². The molecular weight excluding hydrogens is 392 g/mol. The second-order valence-electron chi connectivity index (χ2n) is 7.44. The Hall–Kier alpha value is -3.87. The quantitative estimate of drug-likeness (QED) is 0.459. The van der Waals surface area contributed by atoms with Crippen molar-refractivity contribution in [3.63, 3.8) is 0 Å². The Balaban J connectivity index is 1.61. The number of aryl methyl sites for hydroxylation is 2. The van der Waals surface area contributed by atoms with E-state index in [9.17, 15) is 4.79 Å². The summed E-state index contributed by atoms with van der Waals surface area (Å²) in [5.74, 6) is 2.80. The molecule has 7 heteroatoms. The number of methoxy groups -OCH3 is 1. The SMILES string of the molecule is COc1ccc(C)cc1Nc1nc2cc(Oc3ccnc(CC(C)=O)c3)ccc2n1C. The molecule has 0 spiro atoms. The van der Waals surface area contributed by atoms with E-state index in [1.54, 1.807) is 32.4 Å². The van der Waals surface area contributed by atoms with E-state index in [2.05, 4.69) is 10.3 Å². The molecule has 4 aromatic rings. The first-order chi connectivity index (χ1) is 14.9. The van der Waals surface area contributed by atoms with E-state index in [0.717, 1.165) is 28.0 Å². The lowest BCUT2D eigenvalue weighted by molar-refractivity contribution is -0.116. The lowest BCUT2D eigenvalue weighted by atomic mass is 10.2. The van der Waals surface area contributed by atoms with E-state index in [-0.39, 0.29) is 12.2 Å². The Bertz CT molecular complexity index is 1260. The van der Waals surface area contributed by atoms with Gasteiger partial charge >= 0.3 is 0 Å². The van der Waals surface area contributed by atoms with Crippen molar-refractivity contribution in [3.8, 4) is 17.2 Å². The first kappa shape index (κ1) is 20.4. The molecule has 0 amide bonds. The molecule has 0 saturated carbocycles. The largest absolute Gasteiger partial charge is 0.495 e. The summed E-state index contributed by atoms with van der Waals surface area (Å²) in [4.78, 5) is 20.3. The van der Waals surface area contributed by atoms with Crippen LogP contribution < -0.4 is 14.8 Å². The molecule has 0 saturated heterocycles. The van der Waals surface area contributed by atoms with Crippen LogP contribution in [-0.2, 0) is 18.3 Å². The normalized spacial score (nSPS) is 10.8. The maximum Gasteiger partial charge on any atom is 0.208 e. The number of Topliss-reactive ketones (excluding diaryl/α,β-unsaturated/α-hetero) is 1. The molecule has 0 bridgehead atoms. The van der Waals surface area contributed by atoms with E-state index >= 15 is 0 Å². The Kier molecular flexibility index (Phi) is 5.58. The smallest absolute Gasteiger partial charge is 0.208 e. The first-order valence-electron chi connectivity index (χ1n) is 9.93. The summed E-state index contributed by atoms with van der Waals surface area (Å²) in [6.45, 7) is 3.58. The topological polar surface area (TPSA) is 78.3 Å². The van der Waals surface area contributed by atoms with E-state index < -0.39 is 0 Å². The zero-order valence-electron chi connectivity index (χ0n) is 18.0. The van der Waals surface area contributed by atoms with Gasteiger partial charge in [0.05, 0.1) is 29.5 Å². The van der Waals surface area contributed by atoms with Crippen LogP contribution in [0.3, 0.4) is 0 Å². The van der Waals surface area contributed by atoms with Gasteiger partial charge in [0.25, 0.3) is 0 Å². The minimum atomic E-state index is 0.0600. The van der Waals surface area contributed by atoms with Gasteiger partial charge in [-0.15, -0.1) is 0 Å². The molecular formula is C24H24N4O3. The van der Waals surface area contributed by atoms with Gasteiger partial charge in [-0.25, -0.2) is 4.98 Å². The molecule has 0 aliphatic rings. The van der Waals surface area contributed by atoms with Crippen LogP contribution in [0.5, 0.6) is 17.2 Å². The molecule has 2 heterocycles. The molecule has 2 aromatic heterocycles. The molecule has 2 aromatic carbocycles. The van der Waals surface area contributed by atoms with E-state index in [4.69, 9.17) is 14.5 Å². The van der Waals surface area contributed by atoms with Gasteiger partial charge < -0.3 is 19.4 Å². The van der Waals surface area contributed by atoms with Crippen LogP contribution in [0.4, 0.5) is 11.6 Å². The number of rotatable bonds is 7. The molecule has 7 nitrogen and oxygen atoms in total. The summed E-state index contributed by atoms with van der Waals surface area (Å²) in [5.41, 5.74) is 4.43.